The molecule has 0 spiro atoms. The molecule has 0 aliphatic carbocycles. The molecule has 3 aliphatic heterocycles. The van der Waals surface area contributed by atoms with Crippen molar-refractivity contribution in [3.05, 3.63) is 48.2 Å². The van der Waals surface area contributed by atoms with Crippen molar-refractivity contribution in [2.45, 2.75) is 43.8 Å². The lowest BCUT2D eigenvalue weighted by molar-refractivity contribution is 0.102. The van der Waals surface area contributed by atoms with Crippen LogP contribution in [0.4, 0.5) is 22.0 Å². The van der Waals surface area contributed by atoms with Crippen molar-refractivity contribution in [2.75, 3.05) is 17.3 Å². The molecule has 2 atom stereocenters. The molecule has 0 radical (unpaired) electrons. The number of nitrogens with one attached hydrogen (secondary N) is 2. The Morgan fingerprint density at radius 1 is 1.14 bits per heavy atom. The van der Waals surface area contributed by atoms with Gasteiger partial charge in [0.25, 0.3) is 5.91 Å². The molecule has 28 heavy (non-hydrogen) atoms. The molecular formula is C21H23N5O2. The van der Waals surface area contributed by atoms with Gasteiger partial charge in [-0.25, -0.2) is 14.7 Å². The number of hydrogen-bond acceptors (Lipinski definition) is 4. The van der Waals surface area contributed by atoms with Gasteiger partial charge in [-0.15, -0.1) is 0 Å². The highest BCUT2D eigenvalue weighted by molar-refractivity contribution is 6.16. The number of urea groups is 1. The fourth-order valence-corrected chi connectivity index (χ4v) is 4.81. The molecule has 2 bridgehead atoms. The third kappa shape index (κ3) is 2.74. The van der Waals surface area contributed by atoms with Crippen LogP contribution >= 0.6 is 0 Å². The van der Waals surface area contributed by atoms with E-state index >= 15 is 0 Å². The first-order valence-corrected chi connectivity index (χ1v) is 9.80. The minimum absolute atomic E-state index is 0.132. The van der Waals surface area contributed by atoms with Gasteiger partial charge in [-0.1, -0.05) is 12.1 Å². The molecule has 7 heteroatoms. The number of para-hydroxylation sites is 1. The molecule has 2 N–H and O–H groups in total. The number of nitrogens with zero attached hydrogens (tertiary/aromatic N) is 3. The molecule has 7 nitrogen and oxygen atoms in total. The van der Waals surface area contributed by atoms with Gasteiger partial charge in [0.15, 0.2) is 5.82 Å². The first-order chi connectivity index (χ1) is 13.6. The van der Waals surface area contributed by atoms with E-state index in [2.05, 4.69) is 27.6 Å². The Morgan fingerprint density at radius 2 is 1.89 bits per heavy atom. The lowest BCUT2D eigenvalue weighted by Gasteiger charge is -2.37. The molecule has 2 saturated heterocycles. The Balaban J connectivity index is 1.49. The van der Waals surface area contributed by atoms with Gasteiger partial charge in [-0.2, -0.15) is 0 Å². The van der Waals surface area contributed by atoms with Crippen molar-refractivity contribution in [3.63, 3.8) is 0 Å². The molecule has 2 fully saturated rings. The van der Waals surface area contributed by atoms with E-state index in [0.29, 0.717) is 34.8 Å². The highest BCUT2D eigenvalue weighted by atomic mass is 16.2. The number of carbonyl (C=O) groups is 2. The van der Waals surface area contributed by atoms with Crippen molar-refractivity contribution < 1.29 is 9.59 Å². The summed E-state index contributed by atoms with van der Waals surface area (Å²) in [6, 6.07) is 11.6. The minimum atomic E-state index is -0.238. The summed E-state index contributed by atoms with van der Waals surface area (Å²) in [6.45, 7) is 0. The van der Waals surface area contributed by atoms with Crippen LogP contribution in [0.3, 0.4) is 0 Å². The number of amides is 3. The number of carbonyl (C=O) groups excluding carboxylic acids is 2. The highest BCUT2D eigenvalue weighted by Crippen LogP contribution is 2.37. The Hall–Kier alpha value is -2.93. The second-order valence-electron chi connectivity index (χ2n) is 7.85. The van der Waals surface area contributed by atoms with Gasteiger partial charge in [0.1, 0.15) is 0 Å². The molecule has 1 aromatic carbocycles. The summed E-state index contributed by atoms with van der Waals surface area (Å²) in [6.07, 6.45) is 5.95. The maximum Gasteiger partial charge on any atom is 0.328 e. The van der Waals surface area contributed by atoms with Crippen molar-refractivity contribution in [3.8, 4) is 0 Å². The minimum Gasteiger partial charge on any atom is -0.334 e. The zero-order valence-electron chi connectivity index (χ0n) is 15.8. The maximum absolute atomic E-state index is 13.4. The topological polar surface area (TPSA) is 77.6 Å². The second kappa shape index (κ2) is 6.60. The van der Waals surface area contributed by atoms with Gasteiger partial charge in [0.2, 0.25) is 0 Å². The van der Waals surface area contributed by atoms with Gasteiger partial charge in [0, 0.05) is 24.3 Å². The largest absolute Gasteiger partial charge is 0.334 e. The van der Waals surface area contributed by atoms with Crippen molar-refractivity contribution >= 4 is 29.1 Å². The fourth-order valence-electron chi connectivity index (χ4n) is 4.81. The van der Waals surface area contributed by atoms with E-state index in [4.69, 9.17) is 0 Å². The quantitative estimate of drug-likeness (QED) is 0.800. The number of pyridine rings is 1. The van der Waals surface area contributed by atoms with Crippen LogP contribution in [0.2, 0.25) is 0 Å². The lowest BCUT2D eigenvalue weighted by atomic mass is 9.98. The van der Waals surface area contributed by atoms with Crippen LogP contribution in [0.5, 0.6) is 0 Å². The Kier molecular flexibility index (Phi) is 4.05. The van der Waals surface area contributed by atoms with Crippen LogP contribution in [0.1, 0.15) is 36.0 Å². The number of aromatic nitrogens is 1. The number of benzene rings is 1. The smallest absolute Gasteiger partial charge is 0.328 e. The monoisotopic (exact) mass is 377 g/mol. The predicted octanol–water partition coefficient (Wildman–Crippen LogP) is 3.12. The summed E-state index contributed by atoms with van der Waals surface area (Å²) < 4.78 is 0. The fraction of sp³-hybridized carbons (Fsp3) is 0.381. The molecule has 3 aliphatic rings. The summed E-state index contributed by atoms with van der Waals surface area (Å²) >= 11 is 0. The van der Waals surface area contributed by atoms with Crippen molar-refractivity contribution in [2.24, 2.45) is 0 Å². The highest BCUT2D eigenvalue weighted by Gasteiger charge is 2.40. The Labute approximate surface area is 163 Å². The number of anilines is 3. The standard InChI is InChI=1S/C21H23N5O2/c1-25-14-8-9-15(25)12-13(11-14)23-21(28)26-18-7-3-2-5-16(18)20(27)24-17-6-4-10-22-19(17)26/h2-7,10,13-15H,8-9,11-12H2,1H3,(H,23,28)(H,24,27). The molecule has 4 heterocycles. The van der Waals surface area contributed by atoms with E-state index < -0.39 is 0 Å². The Morgan fingerprint density at radius 3 is 2.68 bits per heavy atom. The van der Waals surface area contributed by atoms with Crippen molar-refractivity contribution in [1.82, 2.24) is 15.2 Å². The molecule has 0 saturated carbocycles. The first-order valence-electron chi connectivity index (χ1n) is 9.80. The average Bonchev–Trinajstić information content (AvgIpc) is 2.86. The van der Waals surface area contributed by atoms with E-state index in [1.54, 1.807) is 36.5 Å². The van der Waals surface area contributed by atoms with Crippen LogP contribution in [-0.4, -0.2) is 47.0 Å². The predicted molar refractivity (Wildman–Crippen MR) is 107 cm³/mol. The van der Waals surface area contributed by atoms with E-state index in [0.717, 1.165) is 12.8 Å². The molecule has 2 aromatic rings. The van der Waals surface area contributed by atoms with E-state index in [1.165, 1.54) is 17.7 Å². The molecule has 2 unspecified atom stereocenters. The molecule has 144 valence electrons. The van der Waals surface area contributed by atoms with Crippen LogP contribution < -0.4 is 15.5 Å². The number of hydrogen-bond donors (Lipinski definition) is 2. The number of fused-ring (bicyclic) bond motifs is 4. The van der Waals surface area contributed by atoms with E-state index in [9.17, 15) is 9.59 Å². The van der Waals surface area contributed by atoms with Gasteiger partial charge < -0.3 is 15.5 Å². The maximum atomic E-state index is 13.4. The van der Waals surface area contributed by atoms with Gasteiger partial charge in [-0.05, 0) is 57.0 Å². The zero-order chi connectivity index (χ0) is 19.3. The Bertz CT molecular complexity index is 932. The third-order valence-corrected chi connectivity index (χ3v) is 6.27. The van der Waals surface area contributed by atoms with E-state index in [-0.39, 0.29) is 18.0 Å². The van der Waals surface area contributed by atoms with Gasteiger partial charge >= 0.3 is 6.03 Å². The first kappa shape index (κ1) is 17.2. The summed E-state index contributed by atoms with van der Waals surface area (Å²) in [5.74, 6) is 0.201. The molecule has 5 rings (SSSR count). The van der Waals surface area contributed by atoms with Crippen LogP contribution in [0.15, 0.2) is 42.6 Å². The number of piperidine rings is 1. The summed E-state index contributed by atoms with van der Waals surface area (Å²) in [4.78, 5) is 34.4. The zero-order valence-corrected chi connectivity index (χ0v) is 15.8. The normalized spacial score (nSPS) is 26.1. The molecular weight excluding hydrogens is 354 g/mol. The number of rotatable bonds is 1. The van der Waals surface area contributed by atoms with Crippen molar-refractivity contribution in [1.29, 1.82) is 0 Å². The van der Waals surface area contributed by atoms with Crippen LogP contribution in [0, 0.1) is 0 Å². The molecule has 3 amide bonds. The average molecular weight is 377 g/mol. The summed E-state index contributed by atoms with van der Waals surface area (Å²) in [5.41, 5.74) is 1.53. The summed E-state index contributed by atoms with van der Waals surface area (Å²) in [7, 11) is 2.18. The SMILES string of the molecule is CN1C2CCC1CC(NC(=O)N1c3ccccc3C(=O)Nc3cccnc31)C2. The lowest BCUT2D eigenvalue weighted by Crippen LogP contribution is -2.51. The van der Waals surface area contributed by atoms with E-state index in [1.807, 2.05) is 6.07 Å². The third-order valence-electron chi connectivity index (χ3n) is 6.27. The second-order valence-corrected chi connectivity index (χ2v) is 7.85. The van der Waals surface area contributed by atoms with Gasteiger partial charge in [-0.3, -0.25) is 4.79 Å². The van der Waals surface area contributed by atoms with Crippen LogP contribution in [-0.2, 0) is 0 Å². The van der Waals surface area contributed by atoms with Gasteiger partial charge in [0.05, 0.1) is 16.9 Å². The summed E-state index contributed by atoms with van der Waals surface area (Å²) in [5, 5.41) is 6.08. The van der Waals surface area contributed by atoms with Crippen LogP contribution in [0.25, 0.3) is 0 Å². The molecule has 1 aromatic heterocycles.